The van der Waals surface area contributed by atoms with Gasteiger partial charge in [0.2, 0.25) is 0 Å². The fourth-order valence-corrected chi connectivity index (χ4v) is 6.70. The summed E-state index contributed by atoms with van der Waals surface area (Å²) in [5, 5.41) is 5.25. The van der Waals surface area contributed by atoms with Crippen LogP contribution in [0.2, 0.25) is 10.0 Å². The fraction of sp³-hybridized carbons (Fsp3) is 0.650. The number of halogens is 2. The van der Waals surface area contributed by atoms with Gasteiger partial charge in [-0.1, -0.05) is 29.3 Å². The van der Waals surface area contributed by atoms with Crippen LogP contribution in [0.1, 0.15) is 46.0 Å². The Balaban J connectivity index is 1.54. The van der Waals surface area contributed by atoms with Crippen LogP contribution >= 0.6 is 23.2 Å². The summed E-state index contributed by atoms with van der Waals surface area (Å²) in [6.45, 7) is 3.97. The van der Waals surface area contributed by atoms with E-state index >= 15 is 0 Å². The molecule has 0 aromatic heterocycles. The summed E-state index contributed by atoms with van der Waals surface area (Å²) in [4.78, 5) is 13.1. The first-order chi connectivity index (χ1) is 11.9. The van der Waals surface area contributed by atoms with Crippen LogP contribution in [0.15, 0.2) is 18.2 Å². The molecule has 3 nitrogen and oxygen atoms in total. The number of carbonyl (C=O) groups excluding carboxylic acids is 1. The van der Waals surface area contributed by atoms with Crippen molar-refractivity contribution in [1.82, 2.24) is 5.01 Å². The minimum Gasteiger partial charge on any atom is -0.270 e. The maximum absolute atomic E-state index is 13.1. The Hall–Kier alpha value is -0.930. The first kappa shape index (κ1) is 16.3. The molecule has 0 N–H and O–H groups in total. The molecular weight excluding hydrogens is 355 g/mol. The molecule has 0 atom stereocenters. The Kier molecular flexibility index (Phi) is 3.44. The van der Waals surface area contributed by atoms with Gasteiger partial charge in [-0.05, 0) is 81.8 Å². The van der Waals surface area contributed by atoms with Gasteiger partial charge in [0, 0.05) is 0 Å². The zero-order chi connectivity index (χ0) is 17.5. The van der Waals surface area contributed by atoms with Gasteiger partial charge >= 0.3 is 0 Å². The minimum absolute atomic E-state index is 0.223. The molecule has 0 unspecified atom stereocenters. The van der Waals surface area contributed by atoms with Crippen molar-refractivity contribution in [3.63, 3.8) is 0 Å². The minimum atomic E-state index is -0.566. The van der Waals surface area contributed by atoms with E-state index in [-0.39, 0.29) is 5.91 Å². The summed E-state index contributed by atoms with van der Waals surface area (Å²) in [5.41, 5.74) is 0.288. The topological polar surface area (TPSA) is 23.6 Å². The highest BCUT2D eigenvalue weighted by Crippen LogP contribution is 2.57. The zero-order valence-electron chi connectivity index (χ0n) is 14.7. The largest absolute Gasteiger partial charge is 0.270 e. The van der Waals surface area contributed by atoms with E-state index in [2.05, 4.69) is 5.01 Å². The maximum Gasteiger partial charge on any atom is 0.268 e. The standard InChI is InChI=1S/C20H24Cl2N2O/c1-20(2)19(25)23(24(20)16-5-3-4-15(21)17(16)22)18-13-7-11-6-12(9-13)10-14(18)8-11/h3-5,11-14,18H,6-10H2,1-2H3. The lowest BCUT2D eigenvalue weighted by Gasteiger charge is -2.65. The molecule has 5 fully saturated rings. The van der Waals surface area contributed by atoms with Gasteiger partial charge in [-0.25, -0.2) is 5.01 Å². The Morgan fingerprint density at radius 3 is 2.20 bits per heavy atom. The summed E-state index contributed by atoms with van der Waals surface area (Å²) >= 11 is 12.8. The number of anilines is 1. The smallest absolute Gasteiger partial charge is 0.268 e. The van der Waals surface area contributed by atoms with Crippen LogP contribution in [0.25, 0.3) is 0 Å². The monoisotopic (exact) mass is 378 g/mol. The van der Waals surface area contributed by atoms with Crippen molar-refractivity contribution >= 4 is 34.8 Å². The average Bonchev–Trinajstić information content (AvgIpc) is 2.56. The normalized spacial score (nSPS) is 38.2. The van der Waals surface area contributed by atoms with Gasteiger partial charge < -0.3 is 0 Å². The lowest BCUT2D eigenvalue weighted by atomic mass is 9.53. The van der Waals surface area contributed by atoms with E-state index in [9.17, 15) is 4.79 Å². The zero-order valence-corrected chi connectivity index (χ0v) is 16.2. The van der Waals surface area contributed by atoms with Gasteiger partial charge in [-0.3, -0.25) is 9.80 Å². The van der Waals surface area contributed by atoms with Crippen LogP contribution in [0, 0.1) is 23.7 Å². The van der Waals surface area contributed by atoms with E-state index < -0.39 is 5.54 Å². The molecule has 0 radical (unpaired) electrons. The van der Waals surface area contributed by atoms with Gasteiger partial charge in [0.1, 0.15) is 5.54 Å². The average molecular weight is 379 g/mol. The summed E-state index contributed by atoms with van der Waals surface area (Å²) in [6, 6.07) is 6.03. The van der Waals surface area contributed by atoms with Gasteiger partial charge in [-0.2, -0.15) is 0 Å². The van der Waals surface area contributed by atoms with Crippen molar-refractivity contribution in [1.29, 1.82) is 0 Å². The van der Waals surface area contributed by atoms with Crippen molar-refractivity contribution in [3.8, 4) is 0 Å². The lowest BCUT2D eigenvalue weighted by Crippen LogP contribution is -2.80. The molecule has 6 rings (SSSR count). The second kappa shape index (κ2) is 5.29. The molecule has 5 heteroatoms. The van der Waals surface area contributed by atoms with E-state index in [1.165, 1.54) is 32.1 Å². The molecule has 1 aliphatic heterocycles. The summed E-state index contributed by atoms with van der Waals surface area (Å²) in [5.74, 6) is 3.31. The van der Waals surface area contributed by atoms with Crippen LogP contribution in [-0.4, -0.2) is 22.5 Å². The van der Waals surface area contributed by atoms with E-state index in [1.54, 1.807) is 6.07 Å². The molecule has 1 aromatic carbocycles. The van der Waals surface area contributed by atoms with Crippen molar-refractivity contribution < 1.29 is 4.79 Å². The number of rotatable bonds is 2. The predicted octanol–water partition coefficient (Wildman–Crippen LogP) is 5.16. The van der Waals surface area contributed by atoms with Gasteiger partial charge in [-0.15, -0.1) is 0 Å². The van der Waals surface area contributed by atoms with Crippen molar-refractivity contribution in [2.45, 2.75) is 57.5 Å². The first-order valence-corrected chi connectivity index (χ1v) is 10.2. The molecule has 134 valence electrons. The quantitative estimate of drug-likeness (QED) is 0.709. The van der Waals surface area contributed by atoms with Crippen LogP contribution in [0.4, 0.5) is 5.69 Å². The van der Waals surface area contributed by atoms with Gasteiger partial charge in [0.25, 0.3) is 5.91 Å². The Bertz CT molecular complexity index is 719. The Morgan fingerprint density at radius 2 is 1.60 bits per heavy atom. The van der Waals surface area contributed by atoms with E-state index in [1.807, 2.05) is 31.0 Å². The van der Waals surface area contributed by atoms with Crippen molar-refractivity contribution in [2.75, 3.05) is 5.01 Å². The Labute approximate surface area is 159 Å². The highest BCUT2D eigenvalue weighted by atomic mass is 35.5. The van der Waals surface area contributed by atoms with E-state index in [4.69, 9.17) is 23.2 Å². The van der Waals surface area contributed by atoms with Crippen LogP contribution in [0.5, 0.6) is 0 Å². The molecule has 4 aliphatic carbocycles. The summed E-state index contributed by atoms with van der Waals surface area (Å²) in [7, 11) is 0. The molecule has 25 heavy (non-hydrogen) atoms. The third-order valence-electron chi connectivity index (χ3n) is 7.10. The number of carbonyl (C=O) groups is 1. The molecule has 1 heterocycles. The molecule has 4 bridgehead atoms. The number of hydrogen-bond acceptors (Lipinski definition) is 2. The lowest BCUT2D eigenvalue weighted by molar-refractivity contribution is -0.170. The molecule has 4 saturated carbocycles. The van der Waals surface area contributed by atoms with E-state index in [0.29, 0.717) is 27.9 Å². The molecule has 5 aliphatic rings. The van der Waals surface area contributed by atoms with Crippen LogP contribution in [-0.2, 0) is 4.79 Å². The third-order valence-corrected chi connectivity index (χ3v) is 7.90. The van der Waals surface area contributed by atoms with Gasteiger partial charge in [0.05, 0.1) is 21.8 Å². The van der Waals surface area contributed by atoms with Crippen molar-refractivity contribution in [2.24, 2.45) is 23.7 Å². The van der Waals surface area contributed by atoms with Crippen LogP contribution < -0.4 is 5.01 Å². The maximum atomic E-state index is 13.1. The number of nitrogens with zero attached hydrogens (tertiary/aromatic N) is 2. The number of hydrazine groups is 1. The van der Waals surface area contributed by atoms with E-state index in [0.717, 1.165) is 17.5 Å². The Morgan fingerprint density at radius 1 is 1.00 bits per heavy atom. The molecular formula is C20H24Cl2N2O. The molecule has 1 aromatic rings. The second-order valence-corrected chi connectivity index (χ2v) is 9.80. The number of hydrogen-bond donors (Lipinski definition) is 0. The SMILES string of the molecule is CC1(C)C(=O)N(C2C3CC4CC(C3)CC2C4)N1c1cccc(Cl)c1Cl. The third kappa shape index (κ3) is 2.15. The van der Waals surface area contributed by atoms with Crippen molar-refractivity contribution in [3.05, 3.63) is 28.2 Å². The predicted molar refractivity (Wildman–Crippen MR) is 101 cm³/mol. The molecule has 0 spiro atoms. The fourth-order valence-electron chi connectivity index (χ4n) is 6.32. The summed E-state index contributed by atoms with van der Waals surface area (Å²) in [6.07, 6.45) is 6.58. The van der Waals surface area contributed by atoms with Crippen LogP contribution in [0.3, 0.4) is 0 Å². The van der Waals surface area contributed by atoms with Gasteiger partial charge in [0.15, 0.2) is 0 Å². The molecule has 1 saturated heterocycles. The molecule has 1 amide bonds. The first-order valence-electron chi connectivity index (χ1n) is 9.45. The summed E-state index contributed by atoms with van der Waals surface area (Å²) < 4.78 is 0. The highest BCUT2D eigenvalue weighted by molar-refractivity contribution is 6.43. The highest BCUT2D eigenvalue weighted by Gasteiger charge is 2.61. The number of amides is 1. The number of benzene rings is 1. The second-order valence-electron chi connectivity index (χ2n) is 9.01.